The normalized spacial score (nSPS) is 10.5. The van der Waals surface area contributed by atoms with Crippen molar-refractivity contribution in [1.29, 1.82) is 0 Å². The standard InChI is InChI=1S/C18H17ClN4O2S/c1-2-25-13-9-7-12(8-10-13)20-16(24)11-26-18-21-17(22-23-18)14-5-3-4-6-15(14)19/h3-10H,2,11H2,1H3,(H,20,24)(H,21,22,23). The minimum absolute atomic E-state index is 0.136. The fourth-order valence-corrected chi connectivity index (χ4v) is 3.04. The minimum atomic E-state index is -0.136. The number of aromatic nitrogens is 3. The first-order valence-electron chi connectivity index (χ1n) is 7.98. The number of thioether (sulfide) groups is 1. The average Bonchev–Trinajstić information content (AvgIpc) is 3.11. The summed E-state index contributed by atoms with van der Waals surface area (Å²) in [5.41, 5.74) is 1.48. The maximum atomic E-state index is 12.1. The van der Waals surface area contributed by atoms with E-state index in [9.17, 15) is 4.79 Å². The molecule has 1 aromatic heterocycles. The zero-order chi connectivity index (χ0) is 18.4. The Labute approximate surface area is 160 Å². The van der Waals surface area contributed by atoms with Crippen LogP contribution in [0.15, 0.2) is 53.7 Å². The van der Waals surface area contributed by atoms with Crippen molar-refractivity contribution in [2.24, 2.45) is 0 Å². The second kappa shape index (κ2) is 8.73. The van der Waals surface area contributed by atoms with Crippen molar-refractivity contribution in [3.63, 3.8) is 0 Å². The second-order valence-corrected chi connectivity index (χ2v) is 6.59. The van der Waals surface area contributed by atoms with Gasteiger partial charge in [0.25, 0.3) is 0 Å². The summed E-state index contributed by atoms with van der Waals surface area (Å²) < 4.78 is 5.37. The Kier molecular flexibility index (Phi) is 6.14. The van der Waals surface area contributed by atoms with Crippen molar-refractivity contribution in [1.82, 2.24) is 15.2 Å². The van der Waals surface area contributed by atoms with Crippen LogP contribution >= 0.6 is 23.4 Å². The monoisotopic (exact) mass is 388 g/mol. The number of rotatable bonds is 7. The second-order valence-electron chi connectivity index (χ2n) is 5.24. The quantitative estimate of drug-likeness (QED) is 0.591. The van der Waals surface area contributed by atoms with Crippen molar-refractivity contribution < 1.29 is 9.53 Å². The highest BCUT2D eigenvalue weighted by Crippen LogP contribution is 2.26. The molecule has 8 heteroatoms. The summed E-state index contributed by atoms with van der Waals surface area (Å²) in [6.45, 7) is 2.53. The van der Waals surface area contributed by atoms with E-state index in [4.69, 9.17) is 16.3 Å². The molecule has 0 radical (unpaired) electrons. The van der Waals surface area contributed by atoms with Gasteiger partial charge in [0.15, 0.2) is 5.82 Å². The van der Waals surface area contributed by atoms with E-state index in [1.807, 2.05) is 37.3 Å². The van der Waals surface area contributed by atoms with Crippen LogP contribution in [0.4, 0.5) is 5.69 Å². The lowest BCUT2D eigenvalue weighted by atomic mass is 10.2. The zero-order valence-corrected chi connectivity index (χ0v) is 15.6. The first-order chi connectivity index (χ1) is 12.7. The third-order valence-corrected chi connectivity index (χ3v) is 4.55. The highest BCUT2D eigenvalue weighted by molar-refractivity contribution is 7.99. The van der Waals surface area contributed by atoms with Crippen LogP contribution in [0, 0.1) is 0 Å². The summed E-state index contributed by atoms with van der Waals surface area (Å²) >= 11 is 7.40. The number of halogens is 1. The van der Waals surface area contributed by atoms with Crippen LogP contribution in [-0.2, 0) is 4.79 Å². The van der Waals surface area contributed by atoms with Gasteiger partial charge in [0.05, 0.1) is 17.4 Å². The molecule has 0 unspecified atom stereocenters. The SMILES string of the molecule is CCOc1ccc(NC(=O)CSc2n[nH]c(-c3ccccc3Cl)n2)cc1. The van der Waals surface area contributed by atoms with Crippen molar-refractivity contribution in [3.05, 3.63) is 53.6 Å². The molecule has 0 spiro atoms. The number of nitrogens with zero attached hydrogens (tertiary/aromatic N) is 2. The number of amides is 1. The van der Waals surface area contributed by atoms with E-state index in [0.717, 1.165) is 11.3 Å². The third kappa shape index (κ3) is 4.77. The van der Waals surface area contributed by atoms with Crippen molar-refractivity contribution in [2.75, 3.05) is 17.7 Å². The molecule has 2 N–H and O–H groups in total. The number of anilines is 1. The van der Waals surface area contributed by atoms with Gasteiger partial charge in [-0.15, -0.1) is 5.10 Å². The predicted octanol–water partition coefficient (Wildman–Crippen LogP) is 4.25. The topological polar surface area (TPSA) is 79.9 Å². The van der Waals surface area contributed by atoms with Gasteiger partial charge in [0.2, 0.25) is 11.1 Å². The Hall–Kier alpha value is -2.51. The highest BCUT2D eigenvalue weighted by atomic mass is 35.5. The van der Waals surface area contributed by atoms with E-state index in [1.54, 1.807) is 18.2 Å². The molecule has 0 bridgehead atoms. The molecule has 3 aromatic rings. The summed E-state index contributed by atoms with van der Waals surface area (Å²) in [4.78, 5) is 16.4. The molecule has 6 nitrogen and oxygen atoms in total. The molecule has 0 aliphatic carbocycles. The number of benzene rings is 2. The van der Waals surface area contributed by atoms with Crippen LogP contribution in [0.5, 0.6) is 5.75 Å². The van der Waals surface area contributed by atoms with Gasteiger partial charge in [0.1, 0.15) is 5.75 Å². The van der Waals surface area contributed by atoms with Crippen LogP contribution in [0.3, 0.4) is 0 Å². The van der Waals surface area contributed by atoms with E-state index < -0.39 is 0 Å². The van der Waals surface area contributed by atoms with E-state index in [2.05, 4.69) is 20.5 Å². The fraction of sp³-hybridized carbons (Fsp3) is 0.167. The molecule has 1 heterocycles. The lowest BCUT2D eigenvalue weighted by Crippen LogP contribution is -2.14. The largest absolute Gasteiger partial charge is 0.494 e. The van der Waals surface area contributed by atoms with Gasteiger partial charge < -0.3 is 10.1 Å². The van der Waals surface area contributed by atoms with Crippen LogP contribution in [0.25, 0.3) is 11.4 Å². The number of hydrogen-bond acceptors (Lipinski definition) is 5. The van der Waals surface area contributed by atoms with Crippen LogP contribution in [0.1, 0.15) is 6.92 Å². The summed E-state index contributed by atoms with van der Waals surface area (Å²) in [5.74, 6) is 1.41. The Morgan fingerprint density at radius 3 is 2.73 bits per heavy atom. The smallest absolute Gasteiger partial charge is 0.234 e. The van der Waals surface area contributed by atoms with Crippen LogP contribution in [0.2, 0.25) is 5.02 Å². The molecule has 0 aliphatic heterocycles. The first kappa shape index (κ1) is 18.3. The van der Waals surface area contributed by atoms with E-state index in [1.165, 1.54) is 11.8 Å². The van der Waals surface area contributed by atoms with Crippen LogP contribution in [-0.4, -0.2) is 33.4 Å². The molecule has 0 saturated carbocycles. The van der Waals surface area contributed by atoms with Gasteiger partial charge in [-0.2, -0.15) is 0 Å². The first-order valence-corrected chi connectivity index (χ1v) is 9.35. The zero-order valence-electron chi connectivity index (χ0n) is 14.0. The summed E-state index contributed by atoms with van der Waals surface area (Å²) in [6, 6.07) is 14.6. The molecule has 0 fully saturated rings. The van der Waals surface area contributed by atoms with Gasteiger partial charge in [-0.3, -0.25) is 9.89 Å². The number of carbonyl (C=O) groups is 1. The summed E-state index contributed by atoms with van der Waals surface area (Å²) in [6.07, 6.45) is 0. The fourth-order valence-electron chi connectivity index (χ4n) is 2.21. The summed E-state index contributed by atoms with van der Waals surface area (Å²) in [5, 5.41) is 10.9. The number of aromatic amines is 1. The molecule has 26 heavy (non-hydrogen) atoms. The van der Waals surface area contributed by atoms with Gasteiger partial charge in [-0.05, 0) is 43.3 Å². The Bertz CT molecular complexity index is 883. The number of nitrogens with one attached hydrogen (secondary N) is 2. The van der Waals surface area contributed by atoms with Gasteiger partial charge in [0, 0.05) is 11.3 Å². The molecule has 2 aromatic carbocycles. The number of H-pyrrole nitrogens is 1. The van der Waals surface area contributed by atoms with E-state index >= 15 is 0 Å². The lowest BCUT2D eigenvalue weighted by molar-refractivity contribution is -0.113. The van der Waals surface area contributed by atoms with E-state index in [-0.39, 0.29) is 11.7 Å². The third-order valence-electron chi connectivity index (χ3n) is 3.38. The van der Waals surface area contributed by atoms with Crippen molar-refractivity contribution in [3.8, 4) is 17.1 Å². The average molecular weight is 389 g/mol. The molecule has 0 saturated heterocycles. The lowest BCUT2D eigenvalue weighted by Gasteiger charge is -2.06. The van der Waals surface area contributed by atoms with Crippen molar-refractivity contribution >= 4 is 35.0 Å². The van der Waals surface area contributed by atoms with E-state index in [0.29, 0.717) is 28.3 Å². The molecule has 1 amide bonds. The number of hydrogen-bond donors (Lipinski definition) is 2. The molecule has 134 valence electrons. The Morgan fingerprint density at radius 2 is 2.00 bits per heavy atom. The van der Waals surface area contributed by atoms with Gasteiger partial charge in [-0.25, -0.2) is 4.98 Å². The maximum absolute atomic E-state index is 12.1. The molecule has 0 aliphatic rings. The van der Waals surface area contributed by atoms with Crippen LogP contribution < -0.4 is 10.1 Å². The molecular formula is C18H17ClN4O2S. The predicted molar refractivity (Wildman–Crippen MR) is 104 cm³/mol. The van der Waals surface area contributed by atoms with Crippen molar-refractivity contribution in [2.45, 2.75) is 12.1 Å². The number of carbonyl (C=O) groups excluding carboxylic acids is 1. The number of ether oxygens (including phenoxy) is 1. The Balaban J connectivity index is 1.54. The minimum Gasteiger partial charge on any atom is -0.494 e. The molecular weight excluding hydrogens is 372 g/mol. The Morgan fingerprint density at radius 1 is 1.23 bits per heavy atom. The highest BCUT2D eigenvalue weighted by Gasteiger charge is 2.11. The molecule has 3 rings (SSSR count). The van der Waals surface area contributed by atoms with Gasteiger partial charge in [-0.1, -0.05) is 35.5 Å². The maximum Gasteiger partial charge on any atom is 0.234 e. The molecule has 0 atom stereocenters. The van der Waals surface area contributed by atoms with Gasteiger partial charge >= 0.3 is 0 Å². The summed E-state index contributed by atoms with van der Waals surface area (Å²) in [7, 11) is 0.